The minimum atomic E-state index is 1.18. The van der Waals surface area contributed by atoms with Crippen molar-refractivity contribution >= 4 is 64.1 Å². The average molecular weight is 476 g/mol. The average Bonchev–Trinajstić information content (AvgIpc) is 3.51. The molecule has 0 fully saturated rings. The molecule has 1 nitrogen and oxygen atoms in total. The van der Waals surface area contributed by atoms with Gasteiger partial charge in [0.1, 0.15) is 0 Å². The van der Waals surface area contributed by atoms with E-state index < -0.39 is 0 Å². The Bertz CT molecular complexity index is 1950. The van der Waals surface area contributed by atoms with E-state index in [1.807, 2.05) is 11.3 Å². The van der Waals surface area contributed by atoms with Gasteiger partial charge in [-0.1, -0.05) is 109 Å². The lowest BCUT2D eigenvalue weighted by molar-refractivity contribution is 1.54. The lowest BCUT2D eigenvalue weighted by Gasteiger charge is -2.13. The molecule has 8 aromatic rings. The lowest BCUT2D eigenvalue weighted by Crippen LogP contribution is -1.86. The summed E-state index contributed by atoms with van der Waals surface area (Å²) in [7, 11) is 0. The third-order valence-corrected chi connectivity index (χ3v) is 8.67. The summed E-state index contributed by atoms with van der Waals surface area (Å²) in [6, 6.07) is 44.1. The van der Waals surface area contributed by atoms with Gasteiger partial charge >= 0.3 is 0 Å². The van der Waals surface area contributed by atoms with Crippen LogP contribution in [-0.4, -0.2) is 4.98 Å². The highest BCUT2D eigenvalue weighted by atomic mass is 32.1. The first kappa shape index (κ1) is 19.9. The van der Waals surface area contributed by atoms with Gasteiger partial charge in [0.05, 0.1) is 5.52 Å². The molecule has 0 aliphatic rings. The second kappa shape index (κ2) is 7.55. The predicted molar refractivity (Wildman–Crippen MR) is 157 cm³/mol. The maximum Gasteiger partial charge on any atom is 0.0544 e. The van der Waals surface area contributed by atoms with Crippen molar-refractivity contribution in [1.82, 2.24) is 4.98 Å². The van der Waals surface area contributed by atoms with Crippen molar-refractivity contribution in [3.05, 3.63) is 121 Å². The van der Waals surface area contributed by atoms with E-state index in [9.17, 15) is 0 Å². The first-order chi connectivity index (χ1) is 17.9. The number of thiophene rings is 1. The minimum absolute atomic E-state index is 1.18. The molecule has 0 saturated heterocycles. The highest BCUT2D eigenvalue weighted by Crippen LogP contribution is 2.43. The molecule has 0 radical (unpaired) electrons. The third kappa shape index (κ3) is 2.76. The zero-order valence-corrected chi connectivity index (χ0v) is 20.3. The fourth-order valence-electron chi connectivity index (χ4n) is 5.84. The van der Waals surface area contributed by atoms with E-state index in [-0.39, 0.29) is 0 Å². The quantitative estimate of drug-likeness (QED) is 0.256. The molecule has 0 aliphatic carbocycles. The summed E-state index contributed by atoms with van der Waals surface area (Å²) in [5, 5.41) is 7.78. The number of aromatic nitrogens is 1. The van der Waals surface area contributed by atoms with Crippen molar-refractivity contribution < 1.29 is 0 Å². The molecule has 6 aromatic carbocycles. The molecule has 0 bridgehead atoms. The molecule has 0 aliphatic heterocycles. The van der Waals surface area contributed by atoms with Gasteiger partial charge in [-0.15, -0.1) is 11.3 Å². The highest BCUT2D eigenvalue weighted by molar-refractivity contribution is 7.26. The molecule has 0 saturated carbocycles. The van der Waals surface area contributed by atoms with E-state index in [2.05, 4.69) is 126 Å². The summed E-state index contributed by atoms with van der Waals surface area (Å²) >= 11 is 1.89. The Balaban J connectivity index is 1.42. The van der Waals surface area contributed by atoms with Crippen LogP contribution < -0.4 is 0 Å². The molecule has 2 heteroatoms. The number of aromatic amines is 1. The molecule has 1 N–H and O–H groups in total. The van der Waals surface area contributed by atoms with Crippen LogP contribution in [0.15, 0.2) is 121 Å². The Hall–Kier alpha value is -4.40. The van der Waals surface area contributed by atoms with Crippen molar-refractivity contribution in [1.29, 1.82) is 0 Å². The van der Waals surface area contributed by atoms with Crippen LogP contribution in [0, 0.1) is 0 Å². The van der Waals surface area contributed by atoms with Crippen LogP contribution in [0.5, 0.6) is 0 Å². The van der Waals surface area contributed by atoms with Gasteiger partial charge in [-0.05, 0) is 34.0 Å². The smallest absolute Gasteiger partial charge is 0.0544 e. The third-order valence-electron chi connectivity index (χ3n) is 7.45. The van der Waals surface area contributed by atoms with Crippen molar-refractivity contribution in [2.24, 2.45) is 0 Å². The zero-order valence-electron chi connectivity index (χ0n) is 19.5. The van der Waals surface area contributed by atoms with Gasteiger partial charge in [0.25, 0.3) is 0 Å². The van der Waals surface area contributed by atoms with Crippen LogP contribution in [-0.2, 0) is 0 Å². The van der Waals surface area contributed by atoms with Gasteiger partial charge in [-0.2, -0.15) is 0 Å². The van der Waals surface area contributed by atoms with Gasteiger partial charge < -0.3 is 4.98 Å². The Morgan fingerprint density at radius 2 is 0.944 bits per heavy atom. The second-order valence-electron chi connectivity index (χ2n) is 9.39. The highest BCUT2D eigenvalue weighted by Gasteiger charge is 2.15. The molecule has 168 valence electrons. The monoisotopic (exact) mass is 475 g/mol. The molecule has 36 heavy (non-hydrogen) atoms. The van der Waals surface area contributed by atoms with Crippen molar-refractivity contribution in [3.63, 3.8) is 0 Å². The summed E-state index contributed by atoms with van der Waals surface area (Å²) < 4.78 is 2.70. The molecular weight excluding hydrogens is 454 g/mol. The molecule has 2 aromatic heterocycles. The topological polar surface area (TPSA) is 15.8 Å². The van der Waals surface area contributed by atoms with Crippen LogP contribution in [0.1, 0.15) is 0 Å². The number of rotatable bonds is 2. The molecule has 0 spiro atoms. The number of hydrogen-bond donors (Lipinski definition) is 1. The first-order valence-corrected chi connectivity index (χ1v) is 13.1. The Labute approximate surface area is 212 Å². The van der Waals surface area contributed by atoms with E-state index in [1.165, 1.54) is 75.0 Å². The van der Waals surface area contributed by atoms with E-state index >= 15 is 0 Å². The van der Waals surface area contributed by atoms with Gasteiger partial charge in [-0.3, -0.25) is 0 Å². The lowest BCUT2D eigenvalue weighted by atomic mass is 9.91. The summed E-state index contributed by atoms with van der Waals surface area (Å²) in [4.78, 5) is 3.70. The number of H-pyrrole nitrogens is 1. The van der Waals surface area contributed by atoms with Crippen LogP contribution in [0.4, 0.5) is 0 Å². The van der Waals surface area contributed by atoms with Crippen LogP contribution >= 0.6 is 11.3 Å². The first-order valence-electron chi connectivity index (χ1n) is 12.3. The SMILES string of the molecule is c1ccc2c(c1)[nH]c1c(-c3cccc4c(-c5cccc6c5sc5ccccc56)cccc34)cccc12. The van der Waals surface area contributed by atoms with Crippen LogP contribution in [0.2, 0.25) is 0 Å². The van der Waals surface area contributed by atoms with E-state index in [4.69, 9.17) is 0 Å². The van der Waals surface area contributed by atoms with Gasteiger partial charge in [0.2, 0.25) is 0 Å². The van der Waals surface area contributed by atoms with Crippen molar-refractivity contribution in [2.45, 2.75) is 0 Å². The van der Waals surface area contributed by atoms with Crippen molar-refractivity contribution in [2.75, 3.05) is 0 Å². The Morgan fingerprint density at radius 3 is 1.75 bits per heavy atom. The predicted octanol–water partition coefficient (Wildman–Crippen LogP) is 10.2. The normalized spacial score (nSPS) is 11.9. The van der Waals surface area contributed by atoms with Crippen molar-refractivity contribution in [3.8, 4) is 22.3 Å². The van der Waals surface area contributed by atoms with Crippen LogP contribution in [0.25, 0.3) is 75.0 Å². The van der Waals surface area contributed by atoms with E-state index in [0.717, 1.165) is 0 Å². The second-order valence-corrected chi connectivity index (χ2v) is 10.4. The number of nitrogens with one attached hydrogen (secondary N) is 1. The maximum absolute atomic E-state index is 3.70. The molecule has 0 amide bonds. The summed E-state index contributed by atoms with van der Waals surface area (Å²) in [5.74, 6) is 0. The molecular formula is C34H21NS. The summed E-state index contributed by atoms with van der Waals surface area (Å²) in [6.45, 7) is 0. The number of hydrogen-bond acceptors (Lipinski definition) is 1. The van der Waals surface area contributed by atoms with Crippen LogP contribution in [0.3, 0.4) is 0 Å². The Kier molecular flexibility index (Phi) is 4.16. The standard InChI is InChI=1S/C34H21NS/c1-3-19-31-25(9-1)28-16-7-15-27(33(28)35-31)23-13-5-12-22-21(23)11-6-14-24(22)29-17-8-18-30-26-10-2-4-20-32(26)36-34(29)30/h1-20,35H. The summed E-state index contributed by atoms with van der Waals surface area (Å²) in [5.41, 5.74) is 7.47. The van der Waals surface area contributed by atoms with Gasteiger partial charge in [0.15, 0.2) is 0 Å². The van der Waals surface area contributed by atoms with E-state index in [0.29, 0.717) is 0 Å². The number of benzene rings is 6. The van der Waals surface area contributed by atoms with E-state index in [1.54, 1.807) is 0 Å². The molecule has 0 atom stereocenters. The Morgan fingerprint density at radius 1 is 0.389 bits per heavy atom. The fraction of sp³-hybridized carbons (Fsp3) is 0. The zero-order chi connectivity index (χ0) is 23.6. The molecule has 2 heterocycles. The fourth-order valence-corrected chi connectivity index (χ4v) is 7.07. The molecule has 8 rings (SSSR count). The number of para-hydroxylation sites is 2. The minimum Gasteiger partial charge on any atom is -0.354 e. The number of fused-ring (bicyclic) bond motifs is 7. The molecule has 0 unspecified atom stereocenters. The van der Waals surface area contributed by atoms with Gasteiger partial charge in [0, 0.05) is 47.6 Å². The largest absolute Gasteiger partial charge is 0.354 e. The van der Waals surface area contributed by atoms with Gasteiger partial charge in [-0.25, -0.2) is 0 Å². The maximum atomic E-state index is 3.70. The summed E-state index contributed by atoms with van der Waals surface area (Å²) in [6.07, 6.45) is 0.